The van der Waals surface area contributed by atoms with E-state index >= 15 is 0 Å². The zero-order valence-electron chi connectivity index (χ0n) is 15.8. The summed E-state index contributed by atoms with van der Waals surface area (Å²) in [4.78, 5) is 0. The second-order valence-electron chi connectivity index (χ2n) is 6.58. The maximum Gasteiger partial charge on any atom is 0.124 e. The van der Waals surface area contributed by atoms with E-state index in [1.807, 2.05) is 48.5 Å². The highest BCUT2D eigenvalue weighted by molar-refractivity contribution is 6.30. The van der Waals surface area contributed by atoms with Crippen LogP contribution in [0.3, 0.4) is 0 Å². The molecular weight excluding hydrogens is 393 g/mol. The Bertz CT molecular complexity index is 854. The number of aliphatic hydroxyl groups excluding tert-OH is 1. The van der Waals surface area contributed by atoms with Crippen LogP contribution in [-0.4, -0.2) is 11.7 Å². The highest BCUT2D eigenvalue weighted by Crippen LogP contribution is 2.24. The van der Waals surface area contributed by atoms with Gasteiger partial charge in [-0.3, -0.25) is 0 Å². The molecule has 0 heterocycles. The topological polar surface area (TPSA) is 41.5 Å². The van der Waals surface area contributed by atoms with Gasteiger partial charge in [-0.25, -0.2) is 0 Å². The van der Waals surface area contributed by atoms with Gasteiger partial charge in [0.1, 0.15) is 12.4 Å². The van der Waals surface area contributed by atoms with Crippen molar-refractivity contribution in [2.24, 2.45) is 0 Å². The molecule has 0 bridgehead atoms. The molecule has 5 heteroatoms. The average molecular weight is 418 g/mol. The molecule has 0 aliphatic heterocycles. The predicted octanol–water partition coefficient (Wildman–Crippen LogP) is 5.47. The van der Waals surface area contributed by atoms with E-state index in [4.69, 9.17) is 16.3 Å². The van der Waals surface area contributed by atoms with Gasteiger partial charge in [0.15, 0.2) is 0 Å². The molecule has 3 aromatic carbocycles. The van der Waals surface area contributed by atoms with E-state index in [1.54, 1.807) is 0 Å². The second kappa shape index (κ2) is 11.1. The molecule has 0 radical (unpaired) electrons. The standard InChI is InChI=1S/C23H24ClNO2.ClH/c1-17-7-9-18(10-8-17)16-27-23-12-11-21(24)13-20(23)14-25-15-22(26)19-5-3-2-4-6-19;/h2-13,22,25-26H,14-16H2,1H3;1H. The Hall–Kier alpha value is -2.04. The summed E-state index contributed by atoms with van der Waals surface area (Å²) in [5.41, 5.74) is 4.21. The van der Waals surface area contributed by atoms with Crippen LogP contribution in [0.15, 0.2) is 72.8 Å². The van der Waals surface area contributed by atoms with Crippen LogP contribution in [0.4, 0.5) is 0 Å². The number of rotatable bonds is 8. The highest BCUT2D eigenvalue weighted by Gasteiger charge is 2.09. The molecule has 1 atom stereocenters. The van der Waals surface area contributed by atoms with E-state index in [0.29, 0.717) is 24.7 Å². The quantitative estimate of drug-likeness (QED) is 0.510. The van der Waals surface area contributed by atoms with Crippen LogP contribution in [0.2, 0.25) is 5.02 Å². The van der Waals surface area contributed by atoms with Gasteiger partial charge in [-0.15, -0.1) is 12.4 Å². The molecule has 0 aromatic heterocycles. The first kappa shape index (κ1) is 22.3. The molecule has 28 heavy (non-hydrogen) atoms. The van der Waals surface area contributed by atoms with Gasteiger partial charge < -0.3 is 15.2 Å². The maximum absolute atomic E-state index is 10.3. The summed E-state index contributed by atoms with van der Waals surface area (Å²) in [6.07, 6.45) is -0.553. The monoisotopic (exact) mass is 417 g/mol. The number of hydrogen-bond donors (Lipinski definition) is 2. The average Bonchev–Trinajstić information content (AvgIpc) is 2.69. The first-order valence-corrected chi connectivity index (χ1v) is 9.40. The van der Waals surface area contributed by atoms with E-state index in [1.165, 1.54) is 5.56 Å². The third kappa shape index (κ3) is 6.54. The Morgan fingerprint density at radius 2 is 1.71 bits per heavy atom. The summed E-state index contributed by atoms with van der Waals surface area (Å²) in [6.45, 7) is 3.58. The molecule has 0 spiro atoms. The van der Waals surface area contributed by atoms with Gasteiger partial charge in [0.25, 0.3) is 0 Å². The van der Waals surface area contributed by atoms with Crippen molar-refractivity contribution >= 4 is 24.0 Å². The molecule has 1 unspecified atom stereocenters. The Morgan fingerprint density at radius 1 is 1.00 bits per heavy atom. The third-order valence-corrected chi connectivity index (χ3v) is 4.61. The third-order valence-electron chi connectivity index (χ3n) is 4.37. The predicted molar refractivity (Wildman–Crippen MR) is 117 cm³/mol. The van der Waals surface area contributed by atoms with Crippen molar-refractivity contribution in [1.29, 1.82) is 0 Å². The largest absolute Gasteiger partial charge is 0.489 e. The molecule has 3 rings (SSSR count). The lowest BCUT2D eigenvalue weighted by atomic mass is 10.1. The summed E-state index contributed by atoms with van der Waals surface area (Å²) < 4.78 is 6.00. The molecule has 0 saturated heterocycles. The molecular formula is C23H25Cl2NO2. The maximum atomic E-state index is 10.3. The lowest BCUT2D eigenvalue weighted by Crippen LogP contribution is -2.21. The van der Waals surface area contributed by atoms with Crippen molar-refractivity contribution in [2.75, 3.05) is 6.54 Å². The van der Waals surface area contributed by atoms with Gasteiger partial charge >= 0.3 is 0 Å². The van der Waals surface area contributed by atoms with Gasteiger partial charge in [0.05, 0.1) is 6.10 Å². The van der Waals surface area contributed by atoms with Crippen molar-refractivity contribution in [3.8, 4) is 5.75 Å². The zero-order valence-corrected chi connectivity index (χ0v) is 17.3. The van der Waals surface area contributed by atoms with Crippen molar-refractivity contribution < 1.29 is 9.84 Å². The molecule has 2 N–H and O–H groups in total. The fraction of sp³-hybridized carbons (Fsp3) is 0.217. The molecule has 0 fully saturated rings. The van der Waals surface area contributed by atoms with Crippen LogP contribution < -0.4 is 10.1 Å². The lowest BCUT2D eigenvalue weighted by Gasteiger charge is -2.15. The molecule has 3 aromatic rings. The minimum atomic E-state index is -0.553. The molecule has 0 aliphatic rings. The minimum Gasteiger partial charge on any atom is -0.489 e. The van der Waals surface area contributed by atoms with Gasteiger partial charge in [0.2, 0.25) is 0 Å². The number of aliphatic hydroxyl groups is 1. The van der Waals surface area contributed by atoms with E-state index in [9.17, 15) is 5.11 Å². The minimum absolute atomic E-state index is 0. The zero-order chi connectivity index (χ0) is 19.1. The Balaban J connectivity index is 0.00000280. The Labute approximate surface area is 177 Å². The van der Waals surface area contributed by atoms with E-state index in [0.717, 1.165) is 22.4 Å². The highest BCUT2D eigenvalue weighted by atomic mass is 35.5. The van der Waals surface area contributed by atoms with E-state index in [-0.39, 0.29) is 12.4 Å². The first-order chi connectivity index (χ1) is 13.1. The van der Waals surface area contributed by atoms with Gasteiger partial charge in [-0.05, 0) is 36.2 Å². The number of halogens is 2. The van der Waals surface area contributed by atoms with Crippen LogP contribution >= 0.6 is 24.0 Å². The Morgan fingerprint density at radius 3 is 2.43 bits per heavy atom. The number of aryl methyl sites for hydroxylation is 1. The molecule has 0 aliphatic carbocycles. The summed E-state index contributed by atoms with van der Waals surface area (Å²) >= 11 is 6.16. The normalized spacial score (nSPS) is 11.5. The summed E-state index contributed by atoms with van der Waals surface area (Å²) in [5, 5.41) is 14.2. The number of nitrogens with one attached hydrogen (secondary N) is 1. The summed E-state index contributed by atoms with van der Waals surface area (Å²) in [7, 11) is 0. The van der Waals surface area contributed by atoms with Crippen LogP contribution in [0.5, 0.6) is 5.75 Å². The first-order valence-electron chi connectivity index (χ1n) is 9.02. The van der Waals surface area contributed by atoms with Crippen molar-refractivity contribution in [1.82, 2.24) is 5.32 Å². The fourth-order valence-corrected chi connectivity index (χ4v) is 3.00. The van der Waals surface area contributed by atoms with E-state index in [2.05, 4.69) is 36.5 Å². The van der Waals surface area contributed by atoms with Gasteiger partial charge in [-0.2, -0.15) is 0 Å². The van der Waals surface area contributed by atoms with Crippen molar-refractivity contribution in [3.05, 3.63) is 100 Å². The summed E-state index contributed by atoms with van der Waals surface area (Å²) in [5.74, 6) is 0.793. The molecule has 0 saturated carbocycles. The fourth-order valence-electron chi connectivity index (χ4n) is 2.81. The Kier molecular flexibility index (Phi) is 8.81. The van der Waals surface area contributed by atoms with Crippen molar-refractivity contribution in [3.63, 3.8) is 0 Å². The number of benzene rings is 3. The van der Waals surface area contributed by atoms with Crippen LogP contribution in [0, 0.1) is 6.92 Å². The molecule has 3 nitrogen and oxygen atoms in total. The smallest absolute Gasteiger partial charge is 0.124 e. The molecule has 148 valence electrons. The van der Waals surface area contributed by atoms with Crippen LogP contribution in [-0.2, 0) is 13.2 Å². The second-order valence-corrected chi connectivity index (χ2v) is 7.02. The number of ether oxygens (including phenoxy) is 1. The lowest BCUT2D eigenvalue weighted by molar-refractivity contribution is 0.174. The van der Waals surface area contributed by atoms with Crippen LogP contribution in [0.25, 0.3) is 0 Å². The van der Waals surface area contributed by atoms with Gasteiger partial charge in [-0.1, -0.05) is 71.8 Å². The van der Waals surface area contributed by atoms with Gasteiger partial charge in [0, 0.05) is 23.7 Å². The number of hydrogen-bond acceptors (Lipinski definition) is 3. The van der Waals surface area contributed by atoms with E-state index < -0.39 is 6.10 Å². The summed E-state index contributed by atoms with van der Waals surface area (Å²) in [6, 6.07) is 23.5. The molecule has 0 amide bonds. The van der Waals surface area contributed by atoms with Crippen LogP contribution in [0.1, 0.15) is 28.4 Å². The van der Waals surface area contributed by atoms with Crippen molar-refractivity contribution in [2.45, 2.75) is 26.2 Å². The SMILES string of the molecule is Cc1ccc(COc2ccc(Cl)cc2CNCC(O)c2ccccc2)cc1.Cl.